The van der Waals surface area contributed by atoms with Gasteiger partial charge in [-0.05, 0) is 99.5 Å². The molecule has 2 amide bonds. The number of fused-ring (bicyclic) bond motifs is 1. The third-order valence-corrected chi connectivity index (χ3v) is 11.4. The fraction of sp³-hybridized carbons (Fsp3) is 0.326. The number of nitrogens with one attached hydrogen (secondary N) is 1. The van der Waals surface area contributed by atoms with Crippen molar-refractivity contribution in [1.29, 1.82) is 5.26 Å². The number of aromatic nitrogens is 6. The van der Waals surface area contributed by atoms with Gasteiger partial charge in [-0.2, -0.15) is 15.5 Å². The number of carbonyl (C=O) groups excluding carboxylic acids is 2. The van der Waals surface area contributed by atoms with Gasteiger partial charge < -0.3 is 9.64 Å². The average Bonchev–Trinajstić information content (AvgIpc) is 3.28. The standard InChI is InChI=1S/C46H45N9O5/c47-25-33-6-4-9-36(24-33)40-15-18-43(57)54(52-40)29-31-11-13-35(14-12-31)44-48-26-37(27-49-44)60-30-32-19-22-53(23-20-32)21-3-1-2-7-34-8-5-10-38-39(34)28-50-55(46(38)59)41-16-17-42(56)51-45(41)58/h4-6,8-15,18,24,26-28,32,41H,1-3,7,16-17,19-23,29-30H2,(H,51,56,58). The second-order valence-corrected chi connectivity index (χ2v) is 15.5. The van der Waals surface area contributed by atoms with E-state index in [2.05, 4.69) is 36.5 Å². The minimum absolute atomic E-state index is 0.189. The van der Waals surface area contributed by atoms with Crippen molar-refractivity contribution in [3.8, 4) is 34.5 Å². The number of hydrogen-bond acceptors (Lipinski definition) is 11. The maximum atomic E-state index is 13.3. The second kappa shape index (κ2) is 18.4. The molecular weight excluding hydrogens is 759 g/mol. The van der Waals surface area contributed by atoms with Crippen LogP contribution in [0, 0.1) is 17.2 Å². The maximum absolute atomic E-state index is 13.3. The molecule has 0 radical (unpaired) electrons. The molecule has 0 bridgehead atoms. The lowest BCUT2D eigenvalue weighted by Gasteiger charge is -2.31. The Morgan fingerprint density at radius 2 is 1.62 bits per heavy atom. The predicted octanol–water partition coefficient (Wildman–Crippen LogP) is 5.48. The molecule has 304 valence electrons. The van der Waals surface area contributed by atoms with E-state index in [9.17, 15) is 24.4 Å². The number of nitrogens with zero attached hydrogens (tertiary/aromatic N) is 8. The molecule has 14 nitrogen and oxygen atoms in total. The summed E-state index contributed by atoms with van der Waals surface area (Å²) in [7, 11) is 0. The Morgan fingerprint density at radius 1 is 0.817 bits per heavy atom. The number of unbranched alkanes of at least 4 members (excludes halogenated alkanes) is 2. The number of imide groups is 1. The first-order chi connectivity index (χ1) is 29.3. The van der Waals surface area contributed by atoms with E-state index in [0.717, 1.165) is 85.8 Å². The van der Waals surface area contributed by atoms with Crippen molar-refractivity contribution in [2.75, 3.05) is 26.2 Å². The van der Waals surface area contributed by atoms with Gasteiger partial charge >= 0.3 is 0 Å². The molecule has 1 N–H and O–H groups in total. The normalized spacial score (nSPS) is 16.1. The maximum Gasteiger partial charge on any atom is 0.275 e. The quantitative estimate of drug-likeness (QED) is 0.109. The van der Waals surface area contributed by atoms with Crippen molar-refractivity contribution in [2.24, 2.45) is 5.92 Å². The summed E-state index contributed by atoms with van der Waals surface area (Å²) in [5.41, 5.74) is 4.25. The van der Waals surface area contributed by atoms with Crippen LogP contribution in [-0.4, -0.2) is 72.5 Å². The first-order valence-corrected chi connectivity index (χ1v) is 20.5. The fourth-order valence-electron chi connectivity index (χ4n) is 7.96. The summed E-state index contributed by atoms with van der Waals surface area (Å²) in [5, 5.41) is 21.8. The molecule has 2 fully saturated rings. The molecule has 2 saturated heterocycles. The smallest absolute Gasteiger partial charge is 0.275 e. The minimum atomic E-state index is -0.772. The molecule has 3 aromatic carbocycles. The van der Waals surface area contributed by atoms with Crippen LogP contribution in [0.5, 0.6) is 5.75 Å². The summed E-state index contributed by atoms with van der Waals surface area (Å²) in [6.45, 7) is 4.06. The van der Waals surface area contributed by atoms with Crippen LogP contribution in [0.1, 0.15) is 67.7 Å². The third-order valence-electron chi connectivity index (χ3n) is 11.4. The van der Waals surface area contributed by atoms with Crippen molar-refractivity contribution >= 4 is 22.6 Å². The van der Waals surface area contributed by atoms with E-state index in [-0.39, 0.29) is 29.9 Å². The molecule has 0 saturated carbocycles. The van der Waals surface area contributed by atoms with Crippen molar-refractivity contribution < 1.29 is 14.3 Å². The van der Waals surface area contributed by atoms with Gasteiger partial charge in [-0.15, -0.1) is 0 Å². The number of benzene rings is 3. The van der Waals surface area contributed by atoms with Crippen LogP contribution < -0.4 is 21.2 Å². The van der Waals surface area contributed by atoms with Crippen molar-refractivity contribution in [3.05, 3.63) is 135 Å². The number of aryl methyl sites for hydroxylation is 1. The van der Waals surface area contributed by atoms with Gasteiger partial charge in [0.2, 0.25) is 5.91 Å². The van der Waals surface area contributed by atoms with E-state index >= 15 is 0 Å². The minimum Gasteiger partial charge on any atom is -0.490 e. The number of hydrogen-bond donors (Lipinski definition) is 1. The first kappa shape index (κ1) is 40.0. The number of piperidine rings is 2. The van der Waals surface area contributed by atoms with Crippen LogP contribution in [0.4, 0.5) is 0 Å². The number of likely N-dealkylation sites (tertiary alicyclic amines) is 1. The Kier molecular flexibility index (Phi) is 12.2. The van der Waals surface area contributed by atoms with E-state index in [4.69, 9.17) is 4.74 Å². The molecule has 14 heteroatoms. The van der Waals surface area contributed by atoms with Gasteiger partial charge in [-0.25, -0.2) is 19.3 Å². The average molecular weight is 804 g/mol. The van der Waals surface area contributed by atoms with E-state index in [1.165, 1.54) is 15.4 Å². The molecule has 60 heavy (non-hydrogen) atoms. The van der Waals surface area contributed by atoms with Crippen LogP contribution in [0.25, 0.3) is 33.4 Å². The third kappa shape index (κ3) is 9.37. The Balaban J connectivity index is 0.749. The van der Waals surface area contributed by atoms with Gasteiger partial charge in [0.15, 0.2) is 11.6 Å². The first-order valence-electron chi connectivity index (χ1n) is 20.5. The van der Waals surface area contributed by atoms with E-state index in [1.54, 1.807) is 48.9 Å². The van der Waals surface area contributed by atoms with E-state index in [1.807, 2.05) is 42.5 Å². The lowest BCUT2D eigenvalue weighted by atomic mass is 9.97. The zero-order valence-corrected chi connectivity index (χ0v) is 33.2. The van der Waals surface area contributed by atoms with Crippen molar-refractivity contribution in [1.82, 2.24) is 39.7 Å². The molecule has 1 atom stereocenters. The number of rotatable bonds is 14. The molecule has 5 heterocycles. The van der Waals surface area contributed by atoms with Gasteiger partial charge in [0.05, 0.1) is 54.5 Å². The zero-order valence-electron chi connectivity index (χ0n) is 33.2. The van der Waals surface area contributed by atoms with Crippen molar-refractivity contribution in [2.45, 2.75) is 64.0 Å². The molecule has 0 spiro atoms. The SMILES string of the molecule is N#Cc1cccc(-c2ccc(=O)n(Cc3ccc(-c4ncc(OCC5CCN(CCCCCc6cccc7c(=O)n(C8CCC(=O)NC8=O)ncc67)CC5)cn4)cc3)n2)c1. The highest BCUT2D eigenvalue weighted by Gasteiger charge is 2.30. The van der Waals surface area contributed by atoms with Crippen LogP contribution in [-0.2, 0) is 22.6 Å². The molecule has 8 rings (SSSR count). The van der Waals surface area contributed by atoms with Gasteiger partial charge in [0.1, 0.15) is 6.04 Å². The van der Waals surface area contributed by atoms with Crippen LogP contribution in [0.2, 0.25) is 0 Å². The Bertz CT molecular complexity index is 2660. The van der Waals surface area contributed by atoms with E-state index < -0.39 is 11.9 Å². The number of carbonyl (C=O) groups is 2. The molecule has 3 aromatic heterocycles. The molecule has 2 aliphatic heterocycles. The van der Waals surface area contributed by atoms with Crippen molar-refractivity contribution in [3.63, 3.8) is 0 Å². The molecule has 6 aromatic rings. The molecule has 0 aliphatic carbocycles. The molecular formula is C46H45N9O5. The van der Waals surface area contributed by atoms with Crippen LogP contribution in [0.15, 0.2) is 107 Å². The van der Waals surface area contributed by atoms with Crippen LogP contribution >= 0.6 is 0 Å². The van der Waals surface area contributed by atoms with Gasteiger partial charge in [-0.3, -0.25) is 24.5 Å². The number of amides is 2. The highest BCUT2D eigenvalue weighted by Crippen LogP contribution is 2.24. The highest BCUT2D eigenvalue weighted by atomic mass is 16.5. The summed E-state index contributed by atoms with van der Waals surface area (Å²) >= 11 is 0. The lowest BCUT2D eigenvalue weighted by molar-refractivity contribution is -0.136. The van der Waals surface area contributed by atoms with Gasteiger partial charge in [0, 0.05) is 29.0 Å². The van der Waals surface area contributed by atoms with Crippen LogP contribution in [0.3, 0.4) is 0 Å². The summed E-state index contributed by atoms with van der Waals surface area (Å²) in [5.74, 6) is 0.895. The Morgan fingerprint density at radius 3 is 2.40 bits per heavy atom. The lowest BCUT2D eigenvalue weighted by Crippen LogP contribution is -2.45. The Hall–Kier alpha value is -6.85. The summed E-state index contributed by atoms with van der Waals surface area (Å²) in [6, 6.07) is 25.1. The topological polar surface area (TPSA) is 178 Å². The van der Waals surface area contributed by atoms with Gasteiger partial charge in [-0.1, -0.05) is 55.0 Å². The summed E-state index contributed by atoms with van der Waals surface area (Å²) in [6.07, 6.45) is 11.7. The monoisotopic (exact) mass is 803 g/mol. The highest BCUT2D eigenvalue weighted by molar-refractivity contribution is 5.99. The largest absolute Gasteiger partial charge is 0.490 e. The Labute approximate surface area is 346 Å². The molecule has 2 aliphatic rings. The van der Waals surface area contributed by atoms with E-state index in [0.29, 0.717) is 47.3 Å². The predicted molar refractivity (Wildman–Crippen MR) is 225 cm³/mol. The van der Waals surface area contributed by atoms with Gasteiger partial charge in [0.25, 0.3) is 17.0 Å². The zero-order chi connectivity index (χ0) is 41.4. The summed E-state index contributed by atoms with van der Waals surface area (Å²) < 4.78 is 8.74. The summed E-state index contributed by atoms with van der Waals surface area (Å²) in [4.78, 5) is 61.4. The number of ether oxygens (including phenoxy) is 1. The second-order valence-electron chi connectivity index (χ2n) is 15.5. The molecule has 1 unspecified atom stereocenters. The fourth-order valence-corrected chi connectivity index (χ4v) is 7.96. The number of nitriles is 1.